The topological polar surface area (TPSA) is 12.5 Å². The second kappa shape index (κ2) is 6.22. The molecule has 1 atom stereocenters. The van der Waals surface area contributed by atoms with Crippen molar-refractivity contribution in [2.45, 2.75) is 31.0 Å². The zero-order valence-corrected chi connectivity index (χ0v) is 12.0. The molecule has 0 amide bonds. The van der Waals surface area contributed by atoms with Gasteiger partial charge in [-0.2, -0.15) is 13.2 Å². The van der Waals surface area contributed by atoms with Crippen LogP contribution >= 0.6 is 11.6 Å². The molecule has 0 N–H and O–H groups in total. The van der Waals surface area contributed by atoms with Gasteiger partial charge in [-0.15, -0.1) is 11.6 Å². The highest BCUT2D eigenvalue weighted by Gasteiger charge is 2.35. The molecular formula is C14H17ClF3NO. The SMILES string of the molecule is CN(CC1CCCO1)c1ccc(CCl)cc1C(F)(F)F. The first kappa shape index (κ1) is 15.4. The number of benzene rings is 1. The molecule has 2 rings (SSSR count). The lowest BCUT2D eigenvalue weighted by atomic mass is 10.1. The van der Waals surface area contributed by atoms with E-state index in [-0.39, 0.29) is 17.7 Å². The molecule has 1 heterocycles. The number of alkyl halides is 4. The molecule has 1 aromatic rings. The minimum atomic E-state index is -4.39. The summed E-state index contributed by atoms with van der Waals surface area (Å²) in [5, 5.41) is 0. The maximum atomic E-state index is 13.1. The molecule has 6 heteroatoms. The zero-order valence-electron chi connectivity index (χ0n) is 11.2. The van der Waals surface area contributed by atoms with Gasteiger partial charge in [0.15, 0.2) is 0 Å². The van der Waals surface area contributed by atoms with E-state index in [4.69, 9.17) is 16.3 Å². The van der Waals surface area contributed by atoms with E-state index in [1.54, 1.807) is 18.0 Å². The lowest BCUT2D eigenvalue weighted by Crippen LogP contribution is -2.30. The maximum absolute atomic E-state index is 13.1. The molecule has 0 radical (unpaired) electrons. The van der Waals surface area contributed by atoms with E-state index < -0.39 is 11.7 Å². The predicted octanol–water partition coefficient (Wildman–Crippen LogP) is 4.06. The van der Waals surface area contributed by atoms with Gasteiger partial charge < -0.3 is 9.64 Å². The van der Waals surface area contributed by atoms with Gasteiger partial charge >= 0.3 is 6.18 Å². The number of likely N-dealkylation sites (N-methyl/N-ethyl adjacent to an activating group) is 1. The van der Waals surface area contributed by atoms with Crippen LogP contribution in [-0.4, -0.2) is 26.3 Å². The summed E-state index contributed by atoms with van der Waals surface area (Å²) in [4.78, 5) is 1.61. The molecule has 20 heavy (non-hydrogen) atoms. The van der Waals surface area contributed by atoms with Crippen molar-refractivity contribution < 1.29 is 17.9 Å². The summed E-state index contributed by atoms with van der Waals surface area (Å²) in [6, 6.07) is 4.23. The van der Waals surface area contributed by atoms with E-state index >= 15 is 0 Å². The van der Waals surface area contributed by atoms with Gasteiger partial charge in [-0.05, 0) is 30.5 Å². The van der Waals surface area contributed by atoms with E-state index in [0.29, 0.717) is 18.7 Å². The zero-order chi connectivity index (χ0) is 14.8. The first-order valence-electron chi connectivity index (χ1n) is 6.50. The summed E-state index contributed by atoms with van der Waals surface area (Å²) < 4.78 is 44.9. The van der Waals surface area contributed by atoms with Crippen LogP contribution in [0.1, 0.15) is 24.0 Å². The average Bonchev–Trinajstić information content (AvgIpc) is 2.89. The minimum absolute atomic E-state index is 0.00814. The first-order valence-corrected chi connectivity index (χ1v) is 7.04. The highest BCUT2D eigenvalue weighted by atomic mass is 35.5. The van der Waals surface area contributed by atoms with Gasteiger partial charge in [0.25, 0.3) is 0 Å². The number of ether oxygens (including phenoxy) is 1. The van der Waals surface area contributed by atoms with E-state index in [2.05, 4.69) is 0 Å². The molecule has 1 saturated heterocycles. The Kier molecular flexibility index (Phi) is 4.81. The van der Waals surface area contributed by atoms with Gasteiger partial charge in [0, 0.05) is 31.8 Å². The van der Waals surface area contributed by atoms with Gasteiger partial charge in [0.1, 0.15) is 0 Å². The van der Waals surface area contributed by atoms with Crippen molar-refractivity contribution in [2.75, 3.05) is 25.1 Å². The number of halogens is 4. The van der Waals surface area contributed by atoms with E-state index in [1.807, 2.05) is 0 Å². The summed E-state index contributed by atoms with van der Waals surface area (Å²) in [6.45, 7) is 1.15. The van der Waals surface area contributed by atoms with E-state index in [1.165, 1.54) is 6.07 Å². The van der Waals surface area contributed by atoms with Crippen LogP contribution in [0, 0.1) is 0 Å². The van der Waals surface area contributed by atoms with Crippen molar-refractivity contribution in [1.29, 1.82) is 0 Å². The summed E-state index contributed by atoms with van der Waals surface area (Å²) in [5.41, 5.74) is -0.00808. The lowest BCUT2D eigenvalue weighted by molar-refractivity contribution is -0.137. The van der Waals surface area contributed by atoms with E-state index in [9.17, 15) is 13.2 Å². The van der Waals surface area contributed by atoms with Crippen LogP contribution in [-0.2, 0) is 16.8 Å². The van der Waals surface area contributed by atoms with Gasteiger partial charge in [0.05, 0.1) is 11.7 Å². The molecule has 0 spiro atoms. The number of hydrogen-bond acceptors (Lipinski definition) is 2. The quantitative estimate of drug-likeness (QED) is 0.778. The number of rotatable bonds is 4. The molecule has 1 unspecified atom stereocenters. The molecule has 1 aliphatic heterocycles. The third-order valence-electron chi connectivity index (χ3n) is 3.43. The molecule has 1 aromatic carbocycles. The van der Waals surface area contributed by atoms with Gasteiger partial charge in [0.2, 0.25) is 0 Å². The summed E-state index contributed by atoms with van der Waals surface area (Å²) in [7, 11) is 1.66. The lowest BCUT2D eigenvalue weighted by Gasteiger charge is -2.26. The van der Waals surface area contributed by atoms with Crippen LogP contribution in [0.4, 0.5) is 18.9 Å². The third kappa shape index (κ3) is 3.58. The summed E-state index contributed by atoms with van der Waals surface area (Å²) in [5.74, 6) is 0.0683. The normalized spacial score (nSPS) is 19.4. The smallest absolute Gasteiger partial charge is 0.376 e. The predicted molar refractivity (Wildman–Crippen MR) is 73.2 cm³/mol. The van der Waals surface area contributed by atoms with Crippen LogP contribution < -0.4 is 4.90 Å². The molecular weight excluding hydrogens is 291 g/mol. The fourth-order valence-electron chi connectivity index (χ4n) is 2.42. The van der Waals surface area contributed by atoms with Crippen molar-refractivity contribution in [3.8, 4) is 0 Å². The maximum Gasteiger partial charge on any atom is 0.418 e. The summed E-state index contributed by atoms with van der Waals surface area (Å²) in [6.07, 6.45) is -2.52. The molecule has 2 nitrogen and oxygen atoms in total. The molecule has 0 aromatic heterocycles. The molecule has 112 valence electrons. The number of nitrogens with zero attached hydrogens (tertiary/aromatic N) is 1. The highest BCUT2D eigenvalue weighted by Crippen LogP contribution is 2.37. The molecule has 1 fully saturated rings. The molecule has 1 aliphatic rings. The Morgan fingerprint density at radius 3 is 2.70 bits per heavy atom. The Balaban J connectivity index is 2.24. The molecule has 0 aliphatic carbocycles. The van der Waals surface area contributed by atoms with Crippen molar-refractivity contribution >= 4 is 17.3 Å². The Morgan fingerprint density at radius 1 is 1.40 bits per heavy atom. The second-order valence-corrected chi connectivity index (χ2v) is 5.27. The third-order valence-corrected chi connectivity index (χ3v) is 3.74. The Bertz CT molecular complexity index is 458. The fourth-order valence-corrected chi connectivity index (χ4v) is 2.58. The number of anilines is 1. The highest BCUT2D eigenvalue weighted by molar-refractivity contribution is 6.17. The Morgan fingerprint density at radius 2 is 2.15 bits per heavy atom. The molecule has 0 saturated carbocycles. The average molecular weight is 308 g/mol. The first-order chi connectivity index (χ1) is 9.41. The van der Waals surface area contributed by atoms with Crippen molar-refractivity contribution in [3.63, 3.8) is 0 Å². The van der Waals surface area contributed by atoms with Gasteiger partial charge in [-0.3, -0.25) is 0 Å². The monoisotopic (exact) mass is 307 g/mol. The van der Waals surface area contributed by atoms with Crippen molar-refractivity contribution in [3.05, 3.63) is 29.3 Å². The van der Waals surface area contributed by atoms with Crippen molar-refractivity contribution in [1.82, 2.24) is 0 Å². The second-order valence-electron chi connectivity index (χ2n) is 5.00. The van der Waals surface area contributed by atoms with Gasteiger partial charge in [-0.25, -0.2) is 0 Å². The largest absolute Gasteiger partial charge is 0.418 e. The van der Waals surface area contributed by atoms with Crippen LogP contribution in [0.15, 0.2) is 18.2 Å². The Hall–Kier alpha value is -0.940. The standard InChI is InChI=1S/C14H17ClF3NO/c1-19(9-11-3-2-6-20-11)13-5-4-10(8-15)7-12(13)14(16,17)18/h4-5,7,11H,2-3,6,8-9H2,1H3. The minimum Gasteiger partial charge on any atom is -0.376 e. The fraction of sp³-hybridized carbons (Fsp3) is 0.571. The summed E-state index contributed by atoms with van der Waals surface area (Å²) >= 11 is 5.62. The number of hydrogen-bond donors (Lipinski definition) is 0. The molecule has 0 bridgehead atoms. The van der Waals surface area contributed by atoms with Gasteiger partial charge in [-0.1, -0.05) is 6.07 Å². The van der Waals surface area contributed by atoms with Crippen LogP contribution in [0.25, 0.3) is 0 Å². The van der Waals surface area contributed by atoms with Crippen LogP contribution in [0.5, 0.6) is 0 Å². The Labute approximate surface area is 121 Å². The van der Waals surface area contributed by atoms with Crippen molar-refractivity contribution in [2.24, 2.45) is 0 Å². The van der Waals surface area contributed by atoms with Crippen LogP contribution in [0.2, 0.25) is 0 Å². The van der Waals surface area contributed by atoms with E-state index in [0.717, 1.165) is 18.9 Å². The van der Waals surface area contributed by atoms with Crippen LogP contribution in [0.3, 0.4) is 0 Å².